The monoisotopic (exact) mass is 485 g/mol. The van der Waals surface area contributed by atoms with Crippen LogP contribution >= 0.6 is 0 Å². The molecule has 2 aromatic carbocycles. The maximum absolute atomic E-state index is 13.3. The van der Waals surface area contributed by atoms with Crippen molar-refractivity contribution in [1.82, 2.24) is 14.5 Å². The number of benzene rings is 2. The maximum atomic E-state index is 13.3. The van der Waals surface area contributed by atoms with E-state index in [-0.39, 0.29) is 41.8 Å². The van der Waals surface area contributed by atoms with Crippen molar-refractivity contribution < 1.29 is 22.8 Å². The summed E-state index contributed by atoms with van der Waals surface area (Å²) in [5.41, 5.74) is 2.02. The molecule has 0 saturated carbocycles. The van der Waals surface area contributed by atoms with Crippen molar-refractivity contribution in [2.24, 2.45) is 5.92 Å². The minimum atomic E-state index is -4.00. The molecular formula is C25H31N3O5S. The van der Waals surface area contributed by atoms with Crippen LogP contribution in [0.3, 0.4) is 0 Å². The first-order valence-electron chi connectivity index (χ1n) is 11.3. The predicted molar refractivity (Wildman–Crippen MR) is 128 cm³/mol. The van der Waals surface area contributed by atoms with E-state index in [2.05, 4.69) is 5.32 Å². The standard InChI is InChI=1S/C25H31N3O5S/c1-17(2)15-26-24(30)19(4)27(16-20-11-9-18(3)10-12-20)23(29)13-14-28-25(31)21-7-5-6-8-22(21)34(28,32)33/h5-12,17,19H,13-16H2,1-4H3,(H,26,30). The second-order valence-electron chi connectivity index (χ2n) is 8.95. The van der Waals surface area contributed by atoms with Gasteiger partial charge in [-0.2, -0.15) is 0 Å². The third-order valence-corrected chi connectivity index (χ3v) is 7.61. The van der Waals surface area contributed by atoms with Gasteiger partial charge < -0.3 is 10.2 Å². The lowest BCUT2D eigenvalue weighted by Crippen LogP contribution is -2.49. The highest BCUT2D eigenvalue weighted by molar-refractivity contribution is 7.90. The second-order valence-corrected chi connectivity index (χ2v) is 10.8. The number of fused-ring (bicyclic) bond motifs is 1. The van der Waals surface area contributed by atoms with Crippen LogP contribution in [0.4, 0.5) is 0 Å². The molecule has 182 valence electrons. The smallest absolute Gasteiger partial charge is 0.269 e. The fourth-order valence-corrected chi connectivity index (χ4v) is 5.29. The highest BCUT2D eigenvalue weighted by Gasteiger charge is 2.41. The normalized spacial score (nSPS) is 15.2. The highest BCUT2D eigenvalue weighted by Crippen LogP contribution is 2.30. The number of aryl methyl sites for hydroxylation is 1. The summed E-state index contributed by atoms with van der Waals surface area (Å²) in [6, 6.07) is 12.9. The summed E-state index contributed by atoms with van der Waals surface area (Å²) in [4.78, 5) is 40.0. The van der Waals surface area contributed by atoms with Gasteiger partial charge in [-0.1, -0.05) is 55.8 Å². The van der Waals surface area contributed by atoms with E-state index in [9.17, 15) is 22.8 Å². The zero-order valence-electron chi connectivity index (χ0n) is 19.9. The SMILES string of the molecule is Cc1ccc(CN(C(=O)CCN2C(=O)c3ccccc3S2(=O)=O)C(C)C(=O)NCC(C)C)cc1. The van der Waals surface area contributed by atoms with Gasteiger partial charge in [0.2, 0.25) is 11.8 Å². The van der Waals surface area contributed by atoms with Gasteiger partial charge in [0, 0.05) is 26.1 Å². The molecule has 1 N–H and O–H groups in total. The van der Waals surface area contributed by atoms with E-state index in [1.54, 1.807) is 19.1 Å². The third-order valence-electron chi connectivity index (χ3n) is 5.77. The molecule has 8 nitrogen and oxygen atoms in total. The molecule has 1 aliphatic heterocycles. The molecule has 9 heteroatoms. The molecule has 0 radical (unpaired) electrons. The second kappa shape index (κ2) is 10.4. The van der Waals surface area contributed by atoms with Crippen molar-refractivity contribution in [3.63, 3.8) is 0 Å². The minimum Gasteiger partial charge on any atom is -0.354 e. The molecule has 0 aromatic heterocycles. The molecular weight excluding hydrogens is 454 g/mol. The van der Waals surface area contributed by atoms with Crippen LogP contribution < -0.4 is 5.32 Å². The maximum Gasteiger partial charge on any atom is 0.269 e. The Morgan fingerprint density at radius 1 is 1.03 bits per heavy atom. The van der Waals surface area contributed by atoms with Crippen LogP contribution in [0.25, 0.3) is 0 Å². The Morgan fingerprint density at radius 2 is 1.68 bits per heavy atom. The lowest BCUT2D eigenvalue weighted by Gasteiger charge is -2.29. The van der Waals surface area contributed by atoms with E-state index in [1.807, 2.05) is 45.0 Å². The van der Waals surface area contributed by atoms with Gasteiger partial charge in [0.1, 0.15) is 10.9 Å². The molecule has 3 rings (SSSR count). The summed E-state index contributed by atoms with van der Waals surface area (Å²) in [6.45, 7) is 7.94. The first-order valence-corrected chi connectivity index (χ1v) is 12.7. The molecule has 0 aliphatic carbocycles. The zero-order valence-corrected chi connectivity index (χ0v) is 20.8. The van der Waals surface area contributed by atoms with E-state index in [0.29, 0.717) is 6.54 Å². The fraction of sp³-hybridized carbons (Fsp3) is 0.400. The molecule has 1 heterocycles. The summed E-state index contributed by atoms with van der Waals surface area (Å²) < 4.78 is 26.4. The van der Waals surface area contributed by atoms with Crippen molar-refractivity contribution in [3.05, 3.63) is 65.2 Å². The van der Waals surface area contributed by atoms with Crippen molar-refractivity contribution >= 4 is 27.7 Å². The van der Waals surface area contributed by atoms with E-state index in [1.165, 1.54) is 17.0 Å². The highest BCUT2D eigenvalue weighted by atomic mass is 32.2. The largest absolute Gasteiger partial charge is 0.354 e. The molecule has 3 amide bonds. The average Bonchev–Trinajstić information content (AvgIpc) is 3.00. The van der Waals surface area contributed by atoms with E-state index in [0.717, 1.165) is 15.4 Å². The average molecular weight is 486 g/mol. The number of nitrogens with one attached hydrogen (secondary N) is 1. The number of sulfonamides is 1. The van der Waals surface area contributed by atoms with Crippen molar-refractivity contribution in [2.75, 3.05) is 13.1 Å². The third kappa shape index (κ3) is 5.47. The molecule has 0 saturated heterocycles. The van der Waals surface area contributed by atoms with Gasteiger partial charge in [0.15, 0.2) is 0 Å². The quantitative estimate of drug-likeness (QED) is 0.588. The number of hydrogen-bond acceptors (Lipinski definition) is 5. The van der Waals surface area contributed by atoms with E-state index >= 15 is 0 Å². The Hall–Kier alpha value is -3.20. The Labute approximate surface area is 201 Å². The molecule has 2 aromatic rings. The number of carbonyl (C=O) groups is 3. The minimum absolute atomic E-state index is 0.0506. The van der Waals surface area contributed by atoms with Crippen LogP contribution in [-0.4, -0.2) is 54.5 Å². The van der Waals surface area contributed by atoms with Crippen LogP contribution in [0.2, 0.25) is 0 Å². The summed E-state index contributed by atoms with van der Waals surface area (Å²) in [7, 11) is -4.00. The number of amides is 3. The molecule has 1 aliphatic rings. The van der Waals surface area contributed by atoms with Crippen LogP contribution in [0, 0.1) is 12.8 Å². The Balaban J connectivity index is 1.77. The van der Waals surface area contributed by atoms with Crippen molar-refractivity contribution in [2.45, 2.75) is 51.6 Å². The van der Waals surface area contributed by atoms with Crippen molar-refractivity contribution in [1.29, 1.82) is 0 Å². The van der Waals surface area contributed by atoms with Gasteiger partial charge in [0.25, 0.3) is 15.9 Å². The van der Waals surface area contributed by atoms with Gasteiger partial charge in [-0.05, 0) is 37.5 Å². The van der Waals surface area contributed by atoms with E-state index in [4.69, 9.17) is 0 Å². The Morgan fingerprint density at radius 3 is 2.29 bits per heavy atom. The van der Waals surface area contributed by atoms with Gasteiger partial charge in [-0.15, -0.1) is 0 Å². The van der Waals surface area contributed by atoms with Gasteiger partial charge in [-0.3, -0.25) is 14.4 Å². The fourth-order valence-electron chi connectivity index (χ4n) is 3.72. The van der Waals surface area contributed by atoms with Gasteiger partial charge in [-0.25, -0.2) is 12.7 Å². The van der Waals surface area contributed by atoms with Gasteiger partial charge >= 0.3 is 0 Å². The molecule has 0 spiro atoms. The molecule has 1 unspecified atom stereocenters. The first-order chi connectivity index (χ1) is 16.0. The van der Waals surface area contributed by atoms with E-state index < -0.39 is 27.9 Å². The lowest BCUT2D eigenvalue weighted by atomic mass is 10.1. The molecule has 0 fully saturated rings. The topological polar surface area (TPSA) is 104 Å². The predicted octanol–water partition coefficient (Wildman–Crippen LogP) is 2.72. The van der Waals surface area contributed by atoms with Crippen molar-refractivity contribution in [3.8, 4) is 0 Å². The number of carbonyl (C=O) groups excluding carboxylic acids is 3. The van der Waals surface area contributed by atoms with Gasteiger partial charge in [0.05, 0.1) is 5.56 Å². The molecule has 0 bridgehead atoms. The Kier molecular flexibility index (Phi) is 7.76. The summed E-state index contributed by atoms with van der Waals surface area (Å²) in [6.07, 6.45) is -0.230. The zero-order chi connectivity index (χ0) is 25.0. The van der Waals surface area contributed by atoms with Crippen LogP contribution in [0.15, 0.2) is 53.4 Å². The summed E-state index contributed by atoms with van der Waals surface area (Å²) in [5, 5.41) is 2.85. The first kappa shape index (κ1) is 25.4. The number of nitrogens with zero attached hydrogens (tertiary/aromatic N) is 2. The summed E-state index contributed by atoms with van der Waals surface area (Å²) in [5.74, 6) is -1.08. The summed E-state index contributed by atoms with van der Waals surface area (Å²) >= 11 is 0. The molecule has 1 atom stereocenters. The van der Waals surface area contributed by atoms with Crippen LogP contribution in [0.5, 0.6) is 0 Å². The lowest BCUT2D eigenvalue weighted by molar-refractivity contribution is -0.140. The van der Waals surface area contributed by atoms with Crippen LogP contribution in [-0.2, 0) is 26.2 Å². The molecule has 34 heavy (non-hydrogen) atoms. The van der Waals surface area contributed by atoms with Crippen LogP contribution in [0.1, 0.15) is 48.7 Å². The number of rotatable bonds is 9. The Bertz CT molecular complexity index is 1180. The number of hydrogen-bond donors (Lipinski definition) is 1.